The van der Waals surface area contributed by atoms with E-state index in [-0.39, 0.29) is 24.3 Å². The van der Waals surface area contributed by atoms with Crippen LogP contribution in [0, 0.1) is 11.7 Å². The first-order valence-corrected chi connectivity index (χ1v) is 9.78. The lowest BCUT2D eigenvalue weighted by atomic mass is 9.98. The average Bonchev–Trinajstić information content (AvgIpc) is 2.88. The quantitative estimate of drug-likeness (QED) is 0.740. The van der Waals surface area contributed by atoms with Crippen molar-refractivity contribution in [3.63, 3.8) is 0 Å². The molecule has 9 heteroatoms. The maximum Gasteiger partial charge on any atom is 0.235 e. The highest BCUT2D eigenvalue weighted by Crippen LogP contribution is 2.27. The van der Waals surface area contributed by atoms with Crippen molar-refractivity contribution in [2.75, 3.05) is 30.8 Å². The van der Waals surface area contributed by atoms with Crippen molar-refractivity contribution in [2.45, 2.75) is 25.8 Å². The van der Waals surface area contributed by atoms with Crippen LogP contribution in [0.2, 0.25) is 0 Å². The van der Waals surface area contributed by atoms with E-state index < -0.39 is 21.7 Å². The van der Waals surface area contributed by atoms with Gasteiger partial charge in [-0.15, -0.1) is 0 Å². The summed E-state index contributed by atoms with van der Waals surface area (Å²) in [6.45, 7) is 2.80. The molecule has 1 aromatic heterocycles. The number of nitrogens with zero attached hydrogens (tertiary/aromatic N) is 2. The zero-order valence-corrected chi connectivity index (χ0v) is 14.6. The van der Waals surface area contributed by atoms with Gasteiger partial charge in [0, 0.05) is 19.3 Å². The van der Waals surface area contributed by atoms with Crippen LogP contribution in [0.4, 0.5) is 10.2 Å². The number of nitrogens with one attached hydrogen (secondary N) is 2. The summed E-state index contributed by atoms with van der Waals surface area (Å²) in [5, 5.41) is 2.85. The van der Waals surface area contributed by atoms with E-state index in [0.717, 1.165) is 19.1 Å². The number of aromatic nitrogens is 1. The third kappa shape index (κ3) is 5.13. The number of amides is 1. The van der Waals surface area contributed by atoms with Gasteiger partial charge in [0.05, 0.1) is 18.8 Å². The van der Waals surface area contributed by atoms with Crippen LogP contribution in [0.15, 0.2) is 18.3 Å². The largest absolute Gasteiger partial charge is 0.352 e. The fraction of sp³-hybridized carbons (Fsp3) is 0.600. The smallest absolute Gasteiger partial charge is 0.235 e. The molecule has 1 aliphatic rings. The van der Waals surface area contributed by atoms with Crippen LogP contribution in [-0.2, 0) is 14.8 Å². The second kappa shape index (κ2) is 7.89. The molecule has 24 heavy (non-hydrogen) atoms. The third-order valence-electron chi connectivity index (χ3n) is 3.98. The predicted molar refractivity (Wildman–Crippen MR) is 89.6 cm³/mol. The van der Waals surface area contributed by atoms with Gasteiger partial charge in [0.1, 0.15) is 0 Å². The molecular weight excluding hydrogens is 335 g/mol. The van der Waals surface area contributed by atoms with Crippen LogP contribution in [0.5, 0.6) is 0 Å². The van der Waals surface area contributed by atoms with Crippen molar-refractivity contribution < 1.29 is 17.6 Å². The molecule has 1 aromatic rings. The molecule has 1 saturated heterocycles. The topological polar surface area (TPSA) is 91.4 Å². The van der Waals surface area contributed by atoms with Gasteiger partial charge in [-0.25, -0.2) is 22.5 Å². The summed E-state index contributed by atoms with van der Waals surface area (Å²) in [7, 11) is -3.42. The SMILES string of the molecule is CCC[C@H]1CN(c2ncccc2F)C[C@@H]1NC(=O)CNS(C)(=O)=O. The molecule has 2 N–H and O–H groups in total. The molecule has 134 valence electrons. The Kier molecular flexibility index (Phi) is 6.11. The molecule has 0 radical (unpaired) electrons. The number of hydrogen-bond acceptors (Lipinski definition) is 5. The van der Waals surface area contributed by atoms with Crippen molar-refractivity contribution in [2.24, 2.45) is 5.92 Å². The van der Waals surface area contributed by atoms with Gasteiger partial charge < -0.3 is 10.2 Å². The molecule has 1 fully saturated rings. The minimum Gasteiger partial charge on any atom is -0.352 e. The molecular formula is C15H23FN4O3S. The van der Waals surface area contributed by atoms with E-state index in [1.807, 2.05) is 11.8 Å². The first kappa shape index (κ1) is 18.6. The molecule has 2 heterocycles. The Bertz CT molecular complexity index is 683. The molecule has 7 nitrogen and oxygen atoms in total. The second-order valence-electron chi connectivity index (χ2n) is 6.03. The zero-order chi connectivity index (χ0) is 17.7. The summed E-state index contributed by atoms with van der Waals surface area (Å²) < 4.78 is 38.2. The van der Waals surface area contributed by atoms with Crippen molar-refractivity contribution in [3.8, 4) is 0 Å². The van der Waals surface area contributed by atoms with Crippen molar-refractivity contribution in [1.82, 2.24) is 15.0 Å². The molecule has 0 aromatic carbocycles. The highest BCUT2D eigenvalue weighted by Gasteiger charge is 2.34. The standard InChI is InChI=1S/C15H23FN4O3S/c1-3-5-11-9-20(15-12(16)6-4-7-17-15)10-13(11)19-14(21)8-18-24(2,22)23/h4,6-7,11,13,18H,3,5,8-10H2,1-2H3,(H,19,21)/t11-,13-/m0/s1. The van der Waals surface area contributed by atoms with E-state index in [1.54, 1.807) is 0 Å². The molecule has 0 saturated carbocycles. The Morgan fingerprint density at radius 3 is 2.83 bits per heavy atom. The molecule has 1 aliphatic heterocycles. The molecule has 0 bridgehead atoms. The number of carbonyl (C=O) groups is 1. The summed E-state index contributed by atoms with van der Waals surface area (Å²) in [6, 6.07) is 2.73. The van der Waals surface area contributed by atoms with Gasteiger partial charge in [0.2, 0.25) is 15.9 Å². The Hall–Kier alpha value is -1.74. The normalized spacial score (nSPS) is 21.0. The Morgan fingerprint density at radius 2 is 2.21 bits per heavy atom. The van der Waals surface area contributed by atoms with Crippen molar-refractivity contribution >= 4 is 21.7 Å². The van der Waals surface area contributed by atoms with Gasteiger partial charge in [-0.05, 0) is 24.5 Å². The number of sulfonamides is 1. The fourth-order valence-electron chi connectivity index (χ4n) is 2.94. The zero-order valence-electron chi connectivity index (χ0n) is 13.8. The Morgan fingerprint density at radius 1 is 1.46 bits per heavy atom. The maximum absolute atomic E-state index is 13.9. The molecule has 2 atom stereocenters. The van der Waals surface area contributed by atoms with Gasteiger partial charge in [-0.3, -0.25) is 4.79 Å². The van der Waals surface area contributed by atoms with Crippen LogP contribution >= 0.6 is 0 Å². The molecule has 2 rings (SSSR count). The van der Waals surface area contributed by atoms with Gasteiger partial charge in [0.25, 0.3) is 0 Å². The maximum atomic E-state index is 13.9. The molecule has 0 aliphatic carbocycles. The van der Waals surface area contributed by atoms with E-state index in [2.05, 4.69) is 15.0 Å². The minimum atomic E-state index is -3.42. The monoisotopic (exact) mass is 358 g/mol. The van der Waals surface area contributed by atoms with Crippen LogP contribution in [0.3, 0.4) is 0 Å². The van der Waals surface area contributed by atoms with Crippen LogP contribution in [0.1, 0.15) is 19.8 Å². The molecule has 1 amide bonds. The van der Waals surface area contributed by atoms with Gasteiger partial charge >= 0.3 is 0 Å². The van der Waals surface area contributed by atoms with Gasteiger partial charge in [-0.1, -0.05) is 13.3 Å². The minimum absolute atomic E-state index is 0.165. The summed E-state index contributed by atoms with van der Waals surface area (Å²) in [5.41, 5.74) is 0. The highest BCUT2D eigenvalue weighted by molar-refractivity contribution is 7.88. The van der Waals surface area contributed by atoms with Crippen molar-refractivity contribution in [1.29, 1.82) is 0 Å². The predicted octanol–water partition coefficient (Wildman–Crippen LogP) is 0.491. The van der Waals surface area contributed by atoms with Crippen molar-refractivity contribution in [3.05, 3.63) is 24.1 Å². The number of pyridine rings is 1. The number of anilines is 1. The third-order valence-corrected chi connectivity index (χ3v) is 4.65. The van der Waals surface area contributed by atoms with Gasteiger partial charge in [0.15, 0.2) is 11.6 Å². The number of carbonyl (C=O) groups excluding carboxylic acids is 1. The van der Waals surface area contributed by atoms with E-state index >= 15 is 0 Å². The van der Waals surface area contributed by atoms with Crippen LogP contribution in [0.25, 0.3) is 0 Å². The first-order valence-electron chi connectivity index (χ1n) is 7.89. The lowest BCUT2D eigenvalue weighted by Gasteiger charge is -2.19. The van der Waals surface area contributed by atoms with E-state index in [4.69, 9.17) is 0 Å². The summed E-state index contributed by atoms with van der Waals surface area (Å²) in [6.07, 6.45) is 4.36. The molecule has 0 unspecified atom stereocenters. The number of halogens is 1. The van der Waals surface area contributed by atoms with E-state index in [9.17, 15) is 17.6 Å². The molecule has 0 spiro atoms. The number of hydrogen-bond donors (Lipinski definition) is 2. The Labute approximate surface area is 141 Å². The van der Waals surface area contributed by atoms with E-state index in [0.29, 0.717) is 13.1 Å². The second-order valence-corrected chi connectivity index (χ2v) is 7.86. The Balaban J connectivity index is 2.02. The van der Waals surface area contributed by atoms with Crippen LogP contribution < -0.4 is 14.9 Å². The highest BCUT2D eigenvalue weighted by atomic mass is 32.2. The number of rotatable bonds is 7. The first-order chi connectivity index (χ1) is 11.3. The summed E-state index contributed by atoms with van der Waals surface area (Å²) in [5.74, 6) is -0.337. The van der Waals surface area contributed by atoms with Gasteiger partial charge in [-0.2, -0.15) is 0 Å². The van der Waals surface area contributed by atoms with E-state index in [1.165, 1.54) is 18.3 Å². The average molecular weight is 358 g/mol. The van der Waals surface area contributed by atoms with Crippen LogP contribution in [-0.4, -0.2) is 51.2 Å². The fourth-order valence-corrected chi connectivity index (χ4v) is 3.33. The lowest BCUT2D eigenvalue weighted by Crippen LogP contribution is -2.45. The summed E-state index contributed by atoms with van der Waals surface area (Å²) in [4.78, 5) is 17.9. The summed E-state index contributed by atoms with van der Waals surface area (Å²) >= 11 is 0. The lowest BCUT2D eigenvalue weighted by molar-refractivity contribution is -0.120.